The van der Waals surface area contributed by atoms with E-state index in [0.29, 0.717) is 13.1 Å². The Morgan fingerprint density at radius 3 is 2.62 bits per heavy atom. The standard InChI is InChI=1S/C17H21F3N2O2/c1-24-16(17(18,19)20)8-11(9-16)10-22-7-6-12-4-2-3-5-13(12)14(22)15(21)23/h2-5,11,14H,6-10H2,1H3,(H2,21,23). The van der Waals surface area contributed by atoms with Gasteiger partial charge in [-0.15, -0.1) is 0 Å². The number of nitrogens with two attached hydrogens (primary N) is 1. The molecule has 7 heteroatoms. The lowest BCUT2D eigenvalue weighted by Crippen LogP contribution is -2.59. The van der Waals surface area contributed by atoms with Crippen LogP contribution in [0.1, 0.15) is 30.0 Å². The van der Waals surface area contributed by atoms with Crippen molar-refractivity contribution in [2.75, 3.05) is 20.2 Å². The molecule has 1 aliphatic carbocycles. The molecule has 0 saturated heterocycles. The van der Waals surface area contributed by atoms with Gasteiger partial charge in [-0.3, -0.25) is 9.69 Å². The molecule has 24 heavy (non-hydrogen) atoms. The molecule has 1 fully saturated rings. The monoisotopic (exact) mass is 342 g/mol. The number of carbonyl (C=O) groups excluding carboxylic acids is 1. The molecule has 1 heterocycles. The molecule has 0 bridgehead atoms. The lowest BCUT2D eigenvalue weighted by molar-refractivity contribution is -0.309. The summed E-state index contributed by atoms with van der Waals surface area (Å²) in [5.41, 5.74) is 5.48. The molecule has 4 nitrogen and oxygen atoms in total. The number of alkyl halides is 3. The van der Waals surface area contributed by atoms with Gasteiger partial charge in [-0.2, -0.15) is 13.2 Å². The third kappa shape index (κ3) is 2.80. The maximum absolute atomic E-state index is 13.1. The Hall–Kier alpha value is -1.60. The summed E-state index contributed by atoms with van der Waals surface area (Å²) < 4.78 is 44.0. The summed E-state index contributed by atoms with van der Waals surface area (Å²) in [5.74, 6) is -0.617. The van der Waals surface area contributed by atoms with Crippen LogP contribution in [0.5, 0.6) is 0 Å². The predicted molar refractivity (Wildman–Crippen MR) is 82.2 cm³/mol. The van der Waals surface area contributed by atoms with Crippen LogP contribution in [0.3, 0.4) is 0 Å². The van der Waals surface area contributed by atoms with Crippen LogP contribution in [0, 0.1) is 5.92 Å². The van der Waals surface area contributed by atoms with Gasteiger partial charge in [0.25, 0.3) is 0 Å². The number of nitrogens with zero attached hydrogens (tertiary/aromatic N) is 1. The molecule has 1 saturated carbocycles. The highest BCUT2D eigenvalue weighted by atomic mass is 19.4. The van der Waals surface area contributed by atoms with Gasteiger partial charge in [-0.05, 0) is 36.3 Å². The first-order valence-corrected chi connectivity index (χ1v) is 8.00. The van der Waals surface area contributed by atoms with Crippen LogP contribution in [0.4, 0.5) is 13.2 Å². The highest BCUT2D eigenvalue weighted by Crippen LogP contribution is 2.51. The van der Waals surface area contributed by atoms with Crippen LogP contribution in [0.25, 0.3) is 0 Å². The van der Waals surface area contributed by atoms with Gasteiger partial charge in [-0.1, -0.05) is 24.3 Å². The molecule has 1 aromatic rings. The van der Waals surface area contributed by atoms with E-state index in [9.17, 15) is 18.0 Å². The molecular formula is C17H21F3N2O2. The molecule has 0 aromatic heterocycles. The zero-order valence-corrected chi connectivity index (χ0v) is 13.5. The van der Waals surface area contributed by atoms with E-state index < -0.39 is 23.7 Å². The van der Waals surface area contributed by atoms with Gasteiger partial charge < -0.3 is 10.5 Å². The Bertz CT molecular complexity index is 627. The van der Waals surface area contributed by atoms with Crippen molar-refractivity contribution in [1.29, 1.82) is 0 Å². The minimum Gasteiger partial charge on any atom is -0.369 e. The summed E-state index contributed by atoms with van der Waals surface area (Å²) in [5, 5.41) is 0. The number of fused-ring (bicyclic) bond motifs is 1. The van der Waals surface area contributed by atoms with E-state index in [-0.39, 0.29) is 18.8 Å². The highest BCUT2D eigenvalue weighted by molar-refractivity contribution is 5.82. The van der Waals surface area contributed by atoms with Gasteiger partial charge in [0.15, 0.2) is 5.60 Å². The molecule has 0 radical (unpaired) electrons. The molecule has 1 amide bonds. The number of methoxy groups -OCH3 is 1. The Labute approximate surface area is 138 Å². The molecule has 1 aliphatic heterocycles. The molecule has 2 N–H and O–H groups in total. The van der Waals surface area contributed by atoms with Crippen molar-refractivity contribution in [2.45, 2.75) is 37.1 Å². The Kier molecular flexibility index (Phi) is 4.34. The maximum atomic E-state index is 13.1. The smallest absolute Gasteiger partial charge is 0.369 e. The van der Waals surface area contributed by atoms with Crippen molar-refractivity contribution < 1.29 is 22.7 Å². The van der Waals surface area contributed by atoms with E-state index in [0.717, 1.165) is 24.7 Å². The number of ether oxygens (including phenoxy) is 1. The number of hydrogen-bond donors (Lipinski definition) is 1. The van der Waals surface area contributed by atoms with Crippen molar-refractivity contribution in [3.63, 3.8) is 0 Å². The van der Waals surface area contributed by atoms with Crippen molar-refractivity contribution >= 4 is 5.91 Å². The molecule has 1 atom stereocenters. The number of primary amides is 1. The number of amides is 1. The molecule has 2 aliphatic rings. The van der Waals surface area contributed by atoms with Crippen molar-refractivity contribution in [3.8, 4) is 0 Å². The van der Waals surface area contributed by atoms with Gasteiger partial charge in [0, 0.05) is 20.2 Å². The topological polar surface area (TPSA) is 55.6 Å². The Morgan fingerprint density at radius 2 is 2.04 bits per heavy atom. The van der Waals surface area contributed by atoms with E-state index in [1.54, 1.807) is 0 Å². The van der Waals surface area contributed by atoms with Crippen LogP contribution < -0.4 is 5.73 Å². The zero-order valence-electron chi connectivity index (χ0n) is 13.5. The van der Waals surface area contributed by atoms with Gasteiger partial charge in [0.2, 0.25) is 5.91 Å². The van der Waals surface area contributed by atoms with Crippen LogP contribution in [0.15, 0.2) is 24.3 Å². The SMILES string of the molecule is COC1(C(F)(F)F)CC(CN2CCc3ccccc3C2C(N)=O)C1. The molecule has 0 spiro atoms. The van der Waals surface area contributed by atoms with Gasteiger partial charge >= 0.3 is 6.18 Å². The quantitative estimate of drug-likeness (QED) is 0.914. The number of hydrogen-bond acceptors (Lipinski definition) is 3. The zero-order chi connectivity index (χ0) is 17.5. The van der Waals surface area contributed by atoms with Crippen LogP contribution in [-0.4, -0.2) is 42.8 Å². The predicted octanol–water partition coefficient (Wildman–Crippen LogP) is 2.43. The van der Waals surface area contributed by atoms with E-state index in [1.165, 1.54) is 0 Å². The Balaban J connectivity index is 1.72. The van der Waals surface area contributed by atoms with Crippen LogP contribution in [0.2, 0.25) is 0 Å². The van der Waals surface area contributed by atoms with E-state index in [4.69, 9.17) is 10.5 Å². The highest BCUT2D eigenvalue weighted by Gasteiger charge is 2.62. The fraction of sp³-hybridized carbons (Fsp3) is 0.588. The fourth-order valence-electron chi connectivity index (χ4n) is 4.00. The second-order valence-corrected chi connectivity index (χ2v) is 6.72. The lowest BCUT2D eigenvalue weighted by Gasteiger charge is -2.49. The Morgan fingerprint density at radius 1 is 1.38 bits per heavy atom. The molecule has 1 aromatic carbocycles. The summed E-state index contributed by atoms with van der Waals surface area (Å²) in [6.07, 6.45) is -3.75. The largest absolute Gasteiger partial charge is 0.417 e. The third-order valence-corrected chi connectivity index (χ3v) is 5.29. The van der Waals surface area contributed by atoms with Gasteiger partial charge in [0.1, 0.15) is 6.04 Å². The molecule has 3 rings (SSSR count). The van der Waals surface area contributed by atoms with Crippen molar-refractivity contribution in [1.82, 2.24) is 4.90 Å². The van der Waals surface area contributed by atoms with Crippen molar-refractivity contribution in [3.05, 3.63) is 35.4 Å². The second kappa shape index (κ2) is 6.04. The van der Waals surface area contributed by atoms with Crippen LogP contribution in [-0.2, 0) is 16.0 Å². The number of rotatable bonds is 4. The van der Waals surface area contributed by atoms with Gasteiger partial charge in [0.05, 0.1) is 0 Å². The molecular weight excluding hydrogens is 321 g/mol. The average molecular weight is 342 g/mol. The fourth-order valence-corrected chi connectivity index (χ4v) is 4.00. The average Bonchev–Trinajstić information content (AvgIpc) is 2.48. The van der Waals surface area contributed by atoms with E-state index in [2.05, 4.69) is 0 Å². The first-order valence-electron chi connectivity index (χ1n) is 8.00. The first-order chi connectivity index (χ1) is 11.3. The minimum atomic E-state index is -4.37. The lowest BCUT2D eigenvalue weighted by atomic mass is 9.69. The van der Waals surface area contributed by atoms with E-state index in [1.807, 2.05) is 29.2 Å². The molecule has 1 unspecified atom stereocenters. The first kappa shape index (κ1) is 17.2. The summed E-state index contributed by atoms with van der Waals surface area (Å²) in [4.78, 5) is 13.8. The van der Waals surface area contributed by atoms with Crippen molar-refractivity contribution in [2.24, 2.45) is 11.7 Å². The number of halogens is 3. The summed E-state index contributed by atoms with van der Waals surface area (Å²) in [6, 6.07) is 7.02. The summed E-state index contributed by atoms with van der Waals surface area (Å²) in [7, 11) is 1.10. The normalized spacial score (nSPS) is 30.5. The van der Waals surface area contributed by atoms with E-state index >= 15 is 0 Å². The third-order valence-electron chi connectivity index (χ3n) is 5.29. The number of benzene rings is 1. The maximum Gasteiger partial charge on any atom is 0.417 e. The minimum absolute atomic E-state index is 0.0728. The molecule has 132 valence electrons. The summed E-state index contributed by atoms with van der Waals surface area (Å²) >= 11 is 0. The summed E-state index contributed by atoms with van der Waals surface area (Å²) in [6.45, 7) is 1.04. The van der Waals surface area contributed by atoms with Crippen LogP contribution >= 0.6 is 0 Å². The van der Waals surface area contributed by atoms with Gasteiger partial charge in [-0.25, -0.2) is 0 Å². The number of carbonyl (C=O) groups is 1. The second-order valence-electron chi connectivity index (χ2n) is 6.72.